The summed E-state index contributed by atoms with van der Waals surface area (Å²) in [6.07, 6.45) is 4.98. The third-order valence-corrected chi connectivity index (χ3v) is 5.81. The smallest absolute Gasteiger partial charge is 0.338 e. The van der Waals surface area contributed by atoms with Gasteiger partial charge >= 0.3 is 5.97 Å². The van der Waals surface area contributed by atoms with Crippen LogP contribution in [0, 0.1) is 0 Å². The van der Waals surface area contributed by atoms with Crippen molar-refractivity contribution in [1.82, 2.24) is 19.7 Å². The van der Waals surface area contributed by atoms with E-state index in [9.17, 15) is 9.59 Å². The number of aromatic nitrogens is 4. The average Bonchev–Trinajstić information content (AvgIpc) is 3.29. The molecule has 2 aromatic carbocycles. The first-order valence-corrected chi connectivity index (χ1v) is 11.6. The van der Waals surface area contributed by atoms with Gasteiger partial charge in [-0.15, -0.1) is 0 Å². The van der Waals surface area contributed by atoms with Gasteiger partial charge in [-0.05, 0) is 42.8 Å². The van der Waals surface area contributed by atoms with E-state index >= 15 is 0 Å². The zero-order valence-corrected chi connectivity index (χ0v) is 18.9. The number of rotatable bonds is 9. The Morgan fingerprint density at radius 3 is 2.61 bits per heavy atom. The van der Waals surface area contributed by atoms with Crippen LogP contribution >= 0.6 is 11.8 Å². The summed E-state index contributed by atoms with van der Waals surface area (Å²) >= 11 is 1.31. The van der Waals surface area contributed by atoms with Crippen LogP contribution in [-0.4, -0.2) is 44.0 Å². The lowest BCUT2D eigenvalue weighted by Crippen LogP contribution is -2.14. The standard InChI is InChI=1S/C24H23N5O3S/c1-2-3-13-32-24(31)17-9-11-18(12-10-17)28-21(30)15-33-23-20-14-27-29(22(20)25-16-26-23)19-7-5-4-6-8-19/h4-12,14,16H,2-3,13,15H2,1H3,(H,28,30). The summed E-state index contributed by atoms with van der Waals surface area (Å²) in [5.74, 6) is -0.370. The fourth-order valence-corrected chi connectivity index (χ4v) is 3.87. The van der Waals surface area contributed by atoms with Crippen molar-refractivity contribution in [2.24, 2.45) is 0 Å². The van der Waals surface area contributed by atoms with Gasteiger partial charge in [-0.3, -0.25) is 4.79 Å². The number of anilines is 1. The predicted molar refractivity (Wildman–Crippen MR) is 128 cm³/mol. The molecule has 2 aromatic heterocycles. The van der Waals surface area contributed by atoms with Crippen molar-refractivity contribution in [3.05, 3.63) is 72.7 Å². The highest BCUT2D eigenvalue weighted by Crippen LogP contribution is 2.26. The van der Waals surface area contributed by atoms with Crippen molar-refractivity contribution in [3.63, 3.8) is 0 Å². The first kappa shape index (κ1) is 22.5. The van der Waals surface area contributed by atoms with E-state index in [0.717, 1.165) is 23.9 Å². The fourth-order valence-electron chi connectivity index (χ4n) is 3.11. The second-order valence-electron chi connectivity index (χ2n) is 7.21. The molecule has 33 heavy (non-hydrogen) atoms. The average molecular weight is 462 g/mol. The molecule has 0 unspecified atom stereocenters. The highest BCUT2D eigenvalue weighted by molar-refractivity contribution is 8.00. The Morgan fingerprint density at radius 2 is 1.85 bits per heavy atom. The maximum atomic E-state index is 12.5. The molecule has 0 aliphatic rings. The van der Waals surface area contributed by atoms with Crippen LogP contribution in [0.25, 0.3) is 16.7 Å². The summed E-state index contributed by atoms with van der Waals surface area (Å²) in [6, 6.07) is 16.4. The lowest BCUT2D eigenvalue weighted by Gasteiger charge is -2.07. The monoisotopic (exact) mass is 461 g/mol. The summed E-state index contributed by atoms with van der Waals surface area (Å²) in [4.78, 5) is 33.1. The lowest BCUT2D eigenvalue weighted by atomic mass is 10.2. The Bertz CT molecular complexity index is 1240. The van der Waals surface area contributed by atoms with E-state index in [4.69, 9.17) is 4.74 Å². The van der Waals surface area contributed by atoms with Gasteiger partial charge in [0, 0.05) is 5.69 Å². The van der Waals surface area contributed by atoms with E-state index in [1.165, 1.54) is 18.1 Å². The van der Waals surface area contributed by atoms with Crippen LogP contribution in [0.4, 0.5) is 5.69 Å². The Kier molecular flexibility index (Phi) is 7.31. The van der Waals surface area contributed by atoms with Crippen LogP contribution in [0.1, 0.15) is 30.1 Å². The number of para-hydroxylation sites is 1. The second kappa shape index (κ2) is 10.7. The van der Waals surface area contributed by atoms with E-state index in [-0.39, 0.29) is 17.6 Å². The minimum Gasteiger partial charge on any atom is -0.462 e. The van der Waals surface area contributed by atoms with Crippen molar-refractivity contribution in [3.8, 4) is 5.69 Å². The fraction of sp³-hybridized carbons (Fsp3) is 0.208. The SMILES string of the molecule is CCCCOC(=O)c1ccc(NC(=O)CSc2ncnc3c2cnn3-c2ccccc2)cc1. The number of thioether (sulfide) groups is 1. The van der Waals surface area contributed by atoms with Gasteiger partial charge in [-0.1, -0.05) is 43.3 Å². The van der Waals surface area contributed by atoms with Crippen LogP contribution < -0.4 is 5.32 Å². The number of esters is 1. The Morgan fingerprint density at radius 1 is 1.06 bits per heavy atom. The number of benzene rings is 2. The predicted octanol–water partition coefficient (Wildman–Crippen LogP) is 4.50. The molecule has 0 aliphatic heterocycles. The molecule has 0 bridgehead atoms. The molecule has 9 heteroatoms. The maximum absolute atomic E-state index is 12.5. The number of ether oxygens (including phenoxy) is 1. The number of hydrogen-bond donors (Lipinski definition) is 1. The molecule has 0 radical (unpaired) electrons. The number of hydrogen-bond acceptors (Lipinski definition) is 7. The van der Waals surface area contributed by atoms with Crippen LogP contribution in [-0.2, 0) is 9.53 Å². The topological polar surface area (TPSA) is 99.0 Å². The van der Waals surface area contributed by atoms with Crippen molar-refractivity contribution in [1.29, 1.82) is 0 Å². The summed E-state index contributed by atoms with van der Waals surface area (Å²) in [6.45, 7) is 2.44. The third kappa shape index (κ3) is 5.56. The van der Waals surface area contributed by atoms with Crippen LogP contribution in [0.15, 0.2) is 72.1 Å². The van der Waals surface area contributed by atoms with E-state index in [2.05, 4.69) is 20.4 Å². The molecule has 8 nitrogen and oxygen atoms in total. The number of nitrogens with zero attached hydrogens (tertiary/aromatic N) is 4. The molecule has 0 saturated heterocycles. The number of unbranched alkanes of at least 4 members (excludes halogenated alkanes) is 1. The molecular formula is C24H23N5O3S. The van der Waals surface area contributed by atoms with Crippen molar-refractivity contribution in [2.75, 3.05) is 17.7 Å². The first-order chi connectivity index (χ1) is 16.2. The molecule has 4 aromatic rings. The normalized spacial score (nSPS) is 10.8. The highest BCUT2D eigenvalue weighted by Gasteiger charge is 2.13. The minimum atomic E-state index is -0.360. The maximum Gasteiger partial charge on any atom is 0.338 e. The summed E-state index contributed by atoms with van der Waals surface area (Å²) in [5.41, 5.74) is 2.64. The van der Waals surface area contributed by atoms with Gasteiger partial charge in [0.15, 0.2) is 5.65 Å². The van der Waals surface area contributed by atoms with Gasteiger partial charge in [0.05, 0.1) is 35.2 Å². The Labute approximate surface area is 195 Å². The summed E-state index contributed by atoms with van der Waals surface area (Å²) in [5, 5.41) is 8.73. The Hall–Kier alpha value is -3.72. The van der Waals surface area contributed by atoms with E-state index in [1.807, 2.05) is 37.3 Å². The summed E-state index contributed by atoms with van der Waals surface area (Å²) < 4.78 is 6.94. The molecule has 2 heterocycles. The molecule has 0 atom stereocenters. The second-order valence-corrected chi connectivity index (χ2v) is 8.18. The van der Waals surface area contributed by atoms with Crippen LogP contribution in [0.3, 0.4) is 0 Å². The van der Waals surface area contributed by atoms with Gasteiger partial charge in [-0.2, -0.15) is 5.10 Å². The molecule has 168 valence electrons. The van der Waals surface area contributed by atoms with Crippen molar-refractivity contribution < 1.29 is 14.3 Å². The summed E-state index contributed by atoms with van der Waals surface area (Å²) in [7, 11) is 0. The highest BCUT2D eigenvalue weighted by atomic mass is 32.2. The minimum absolute atomic E-state index is 0.170. The van der Waals surface area contributed by atoms with E-state index in [0.29, 0.717) is 28.5 Å². The molecule has 0 fully saturated rings. The molecule has 1 amide bonds. The van der Waals surface area contributed by atoms with E-state index in [1.54, 1.807) is 35.1 Å². The number of carbonyl (C=O) groups excluding carboxylic acids is 2. The molecule has 0 saturated carbocycles. The van der Waals surface area contributed by atoms with Gasteiger partial charge < -0.3 is 10.1 Å². The quantitative estimate of drug-likeness (QED) is 0.169. The first-order valence-electron chi connectivity index (χ1n) is 10.6. The zero-order chi connectivity index (χ0) is 23.0. The largest absolute Gasteiger partial charge is 0.462 e. The van der Waals surface area contributed by atoms with Gasteiger partial charge in [0.2, 0.25) is 5.91 Å². The van der Waals surface area contributed by atoms with E-state index < -0.39 is 0 Å². The number of carbonyl (C=O) groups is 2. The van der Waals surface area contributed by atoms with Crippen LogP contribution in [0.5, 0.6) is 0 Å². The van der Waals surface area contributed by atoms with Gasteiger partial charge in [0.25, 0.3) is 0 Å². The lowest BCUT2D eigenvalue weighted by molar-refractivity contribution is -0.113. The van der Waals surface area contributed by atoms with Crippen molar-refractivity contribution >= 4 is 40.4 Å². The molecular weight excluding hydrogens is 438 g/mol. The molecule has 1 N–H and O–H groups in total. The van der Waals surface area contributed by atoms with Crippen LogP contribution in [0.2, 0.25) is 0 Å². The number of fused-ring (bicyclic) bond motifs is 1. The molecule has 0 aliphatic carbocycles. The Balaban J connectivity index is 1.36. The third-order valence-electron chi connectivity index (χ3n) is 4.81. The molecule has 4 rings (SSSR count). The van der Waals surface area contributed by atoms with Gasteiger partial charge in [-0.25, -0.2) is 19.4 Å². The number of amides is 1. The van der Waals surface area contributed by atoms with Gasteiger partial charge in [0.1, 0.15) is 11.4 Å². The number of nitrogens with one attached hydrogen (secondary N) is 1. The molecule has 0 spiro atoms. The zero-order valence-electron chi connectivity index (χ0n) is 18.1. The van der Waals surface area contributed by atoms with Crippen molar-refractivity contribution in [2.45, 2.75) is 24.8 Å².